The van der Waals surface area contributed by atoms with Crippen LogP contribution < -0.4 is 0 Å². The average Bonchev–Trinajstić information content (AvgIpc) is 2.69. The molecule has 0 bridgehead atoms. The summed E-state index contributed by atoms with van der Waals surface area (Å²) in [5.74, 6) is 0.0359. The van der Waals surface area contributed by atoms with Crippen LogP contribution in [0.25, 0.3) is 0 Å². The predicted octanol–water partition coefficient (Wildman–Crippen LogP) is 7.70. The number of Topliss-reactive ketones (excluding diaryl/α,β-unsaturated/α-hetero) is 2. The summed E-state index contributed by atoms with van der Waals surface area (Å²) in [5, 5.41) is 0. The van der Waals surface area contributed by atoms with Gasteiger partial charge in [-0.15, -0.1) is 0 Å². The lowest BCUT2D eigenvalue weighted by molar-refractivity contribution is -0.118. The van der Waals surface area contributed by atoms with Gasteiger partial charge in [0.15, 0.2) is 5.78 Å². The zero-order valence-electron chi connectivity index (χ0n) is 17.5. The van der Waals surface area contributed by atoms with Crippen molar-refractivity contribution in [2.75, 3.05) is 0 Å². The zero-order chi connectivity index (χ0) is 19.6. The van der Waals surface area contributed by atoms with E-state index in [2.05, 4.69) is 6.92 Å². The smallest absolute Gasteiger partial charge is 0.170 e. The first-order valence-corrected chi connectivity index (χ1v) is 11.3. The average molecular weight is 373 g/mol. The van der Waals surface area contributed by atoms with Crippen molar-refractivity contribution < 1.29 is 9.59 Å². The Bertz CT molecular complexity index is 492. The highest BCUT2D eigenvalue weighted by Gasteiger charge is 2.10. The second kappa shape index (κ2) is 16.7. The Balaban J connectivity index is 1.86. The Morgan fingerprint density at radius 2 is 1.07 bits per heavy atom. The standard InChI is InChI=1S/C25H40O2/c1-2-3-4-5-6-7-8-9-10-11-12-13-14-18-21-24(26)22-25(27)23-19-16-15-17-20-23/h15-17,19-20H,2-14,18,21-22H2,1H3. The molecule has 2 heteroatoms. The van der Waals surface area contributed by atoms with Gasteiger partial charge < -0.3 is 0 Å². The van der Waals surface area contributed by atoms with E-state index in [1.807, 2.05) is 18.2 Å². The van der Waals surface area contributed by atoms with Crippen molar-refractivity contribution in [3.05, 3.63) is 35.9 Å². The van der Waals surface area contributed by atoms with E-state index in [-0.39, 0.29) is 18.0 Å². The molecule has 1 aromatic rings. The summed E-state index contributed by atoms with van der Waals surface area (Å²) < 4.78 is 0. The summed E-state index contributed by atoms with van der Waals surface area (Å²) >= 11 is 0. The first-order chi connectivity index (χ1) is 13.2. The molecular formula is C25H40O2. The molecule has 0 atom stereocenters. The molecular weight excluding hydrogens is 332 g/mol. The number of carbonyl (C=O) groups excluding carboxylic acids is 2. The summed E-state index contributed by atoms with van der Waals surface area (Å²) in [6.45, 7) is 2.27. The SMILES string of the molecule is CCCCCCCCCCCCCCCCC(=O)CC(=O)c1ccccc1. The largest absolute Gasteiger partial charge is 0.299 e. The molecule has 0 amide bonds. The minimum Gasteiger partial charge on any atom is -0.299 e. The maximum Gasteiger partial charge on any atom is 0.170 e. The van der Waals surface area contributed by atoms with Crippen LogP contribution in [0.4, 0.5) is 0 Å². The van der Waals surface area contributed by atoms with E-state index in [4.69, 9.17) is 0 Å². The minimum atomic E-state index is -0.0500. The topological polar surface area (TPSA) is 34.1 Å². The summed E-state index contributed by atoms with van der Waals surface area (Å²) in [6, 6.07) is 9.12. The van der Waals surface area contributed by atoms with Crippen molar-refractivity contribution in [1.29, 1.82) is 0 Å². The molecule has 0 aliphatic heterocycles. The monoisotopic (exact) mass is 372 g/mol. The van der Waals surface area contributed by atoms with Crippen LogP contribution in [0.1, 0.15) is 120 Å². The van der Waals surface area contributed by atoms with Crippen molar-refractivity contribution in [2.24, 2.45) is 0 Å². The predicted molar refractivity (Wildman–Crippen MR) is 115 cm³/mol. The van der Waals surface area contributed by atoms with Crippen molar-refractivity contribution in [1.82, 2.24) is 0 Å². The second-order valence-electron chi connectivity index (χ2n) is 7.85. The number of benzene rings is 1. The summed E-state index contributed by atoms with van der Waals surface area (Å²) in [5.41, 5.74) is 0.645. The highest BCUT2D eigenvalue weighted by atomic mass is 16.1. The van der Waals surface area contributed by atoms with Gasteiger partial charge in [0.2, 0.25) is 0 Å². The number of hydrogen-bond acceptors (Lipinski definition) is 2. The minimum absolute atomic E-state index is 0.0500. The number of unbranched alkanes of at least 4 members (excludes halogenated alkanes) is 13. The van der Waals surface area contributed by atoms with E-state index < -0.39 is 0 Å². The van der Waals surface area contributed by atoms with Gasteiger partial charge in [-0.05, 0) is 6.42 Å². The van der Waals surface area contributed by atoms with E-state index >= 15 is 0 Å². The third kappa shape index (κ3) is 13.4. The van der Waals surface area contributed by atoms with Crippen LogP contribution in [-0.2, 0) is 4.79 Å². The Morgan fingerprint density at radius 3 is 1.56 bits per heavy atom. The van der Waals surface area contributed by atoms with Crippen LogP contribution in [0.2, 0.25) is 0 Å². The number of carbonyl (C=O) groups is 2. The van der Waals surface area contributed by atoms with Gasteiger partial charge in [0, 0.05) is 12.0 Å². The Kier molecular flexibility index (Phi) is 14.6. The van der Waals surface area contributed by atoms with Crippen LogP contribution >= 0.6 is 0 Å². The summed E-state index contributed by atoms with van der Waals surface area (Å²) in [7, 11) is 0. The van der Waals surface area contributed by atoms with Gasteiger partial charge in [-0.25, -0.2) is 0 Å². The fourth-order valence-electron chi connectivity index (χ4n) is 3.51. The first-order valence-electron chi connectivity index (χ1n) is 11.3. The molecule has 152 valence electrons. The van der Waals surface area contributed by atoms with Gasteiger partial charge in [-0.3, -0.25) is 9.59 Å². The lowest BCUT2D eigenvalue weighted by atomic mass is 10.0. The normalized spacial score (nSPS) is 10.9. The Labute approximate surface area is 167 Å². The zero-order valence-corrected chi connectivity index (χ0v) is 17.5. The van der Waals surface area contributed by atoms with Crippen molar-refractivity contribution in [2.45, 2.75) is 110 Å². The van der Waals surface area contributed by atoms with Crippen LogP contribution in [0.5, 0.6) is 0 Å². The lowest BCUT2D eigenvalue weighted by Gasteiger charge is -2.03. The first kappa shape index (κ1) is 23.6. The maximum atomic E-state index is 12.0. The highest BCUT2D eigenvalue weighted by Crippen LogP contribution is 2.14. The molecule has 27 heavy (non-hydrogen) atoms. The number of ketones is 2. The fourth-order valence-corrected chi connectivity index (χ4v) is 3.51. The Morgan fingerprint density at radius 1 is 0.630 bits per heavy atom. The van der Waals surface area contributed by atoms with Gasteiger partial charge in [0.05, 0.1) is 6.42 Å². The third-order valence-electron chi connectivity index (χ3n) is 5.26. The Hall–Kier alpha value is -1.44. The molecule has 0 saturated carbocycles. The van der Waals surface area contributed by atoms with Crippen molar-refractivity contribution >= 4 is 11.6 Å². The molecule has 0 aliphatic carbocycles. The van der Waals surface area contributed by atoms with Crippen LogP contribution in [-0.4, -0.2) is 11.6 Å². The molecule has 0 unspecified atom stereocenters. The van der Waals surface area contributed by atoms with Crippen molar-refractivity contribution in [3.63, 3.8) is 0 Å². The van der Waals surface area contributed by atoms with Gasteiger partial charge in [-0.1, -0.05) is 121 Å². The molecule has 0 radical (unpaired) electrons. The quantitative estimate of drug-likeness (QED) is 0.150. The maximum absolute atomic E-state index is 12.0. The molecule has 0 aliphatic rings. The molecule has 0 heterocycles. The van der Waals surface area contributed by atoms with Crippen LogP contribution in [0.15, 0.2) is 30.3 Å². The molecule has 0 fully saturated rings. The molecule has 0 spiro atoms. The van der Waals surface area contributed by atoms with Gasteiger partial charge in [0.1, 0.15) is 5.78 Å². The molecule has 1 aromatic carbocycles. The van der Waals surface area contributed by atoms with Crippen LogP contribution in [0.3, 0.4) is 0 Å². The van der Waals surface area contributed by atoms with Crippen molar-refractivity contribution in [3.8, 4) is 0 Å². The fraction of sp³-hybridized carbons (Fsp3) is 0.680. The van der Waals surface area contributed by atoms with Crippen LogP contribution in [0, 0.1) is 0 Å². The molecule has 2 nitrogen and oxygen atoms in total. The van der Waals surface area contributed by atoms with E-state index in [1.54, 1.807) is 12.1 Å². The highest BCUT2D eigenvalue weighted by molar-refractivity contribution is 6.07. The van der Waals surface area contributed by atoms with E-state index in [0.717, 1.165) is 12.8 Å². The van der Waals surface area contributed by atoms with E-state index in [1.165, 1.54) is 77.0 Å². The van der Waals surface area contributed by atoms with Gasteiger partial charge in [-0.2, -0.15) is 0 Å². The van der Waals surface area contributed by atoms with E-state index in [0.29, 0.717) is 12.0 Å². The second-order valence-corrected chi connectivity index (χ2v) is 7.85. The third-order valence-corrected chi connectivity index (χ3v) is 5.26. The lowest BCUT2D eigenvalue weighted by Crippen LogP contribution is -2.07. The molecule has 0 saturated heterocycles. The molecule has 0 aromatic heterocycles. The van der Waals surface area contributed by atoms with Gasteiger partial charge in [0.25, 0.3) is 0 Å². The van der Waals surface area contributed by atoms with E-state index in [9.17, 15) is 9.59 Å². The summed E-state index contributed by atoms with van der Waals surface area (Å²) in [6.07, 6.45) is 19.0. The number of rotatable bonds is 18. The number of hydrogen-bond donors (Lipinski definition) is 0. The molecule has 0 N–H and O–H groups in total. The molecule has 1 rings (SSSR count). The summed E-state index contributed by atoms with van der Waals surface area (Å²) in [4.78, 5) is 23.9. The van der Waals surface area contributed by atoms with Gasteiger partial charge >= 0.3 is 0 Å².